The Morgan fingerprint density at radius 3 is 2.68 bits per heavy atom. The zero-order chi connectivity index (χ0) is 14.2. The fourth-order valence-corrected chi connectivity index (χ4v) is 1.83. The minimum atomic E-state index is -0.507. The summed E-state index contributed by atoms with van der Waals surface area (Å²) >= 11 is 0. The van der Waals surface area contributed by atoms with Crippen molar-refractivity contribution in [2.75, 3.05) is 0 Å². The third kappa shape index (κ3) is 2.05. The van der Waals surface area contributed by atoms with E-state index in [4.69, 9.17) is 0 Å². The molecule has 8 heteroatoms. The van der Waals surface area contributed by atoms with Crippen LogP contribution in [-0.2, 0) is 25.6 Å². The first-order valence-corrected chi connectivity index (χ1v) is 5.85. The highest BCUT2D eigenvalue weighted by Crippen LogP contribution is 2.02. The van der Waals surface area contributed by atoms with E-state index < -0.39 is 11.2 Å². The van der Waals surface area contributed by atoms with Gasteiger partial charge in [-0.05, 0) is 0 Å². The van der Waals surface area contributed by atoms with Crippen molar-refractivity contribution < 1.29 is 4.79 Å². The summed E-state index contributed by atoms with van der Waals surface area (Å²) < 4.78 is 3.82. The molecule has 2 aromatic rings. The number of aryl methyl sites for hydroxylation is 2. The molecule has 0 spiro atoms. The number of hydrogen-bond donors (Lipinski definition) is 1. The van der Waals surface area contributed by atoms with Crippen molar-refractivity contribution in [1.29, 1.82) is 0 Å². The van der Waals surface area contributed by atoms with Crippen LogP contribution in [0.25, 0.3) is 11.2 Å². The number of nitrogens with zero attached hydrogens (tertiary/aromatic N) is 4. The summed E-state index contributed by atoms with van der Waals surface area (Å²) in [5.74, 6) is -0.223. The second-order valence-corrected chi connectivity index (χ2v) is 4.21. The molecule has 2 aromatic heterocycles. The van der Waals surface area contributed by atoms with Gasteiger partial charge < -0.3 is 9.88 Å². The first kappa shape index (κ1) is 13.1. The first-order chi connectivity index (χ1) is 8.97. The van der Waals surface area contributed by atoms with Crippen molar-refractivity contribution in [3.8, 4) is 0 Å². The maximum Gasteiger partial charge on any atom is 0.333 e. The molecule has 0 aliphatic heterocycles. The average Bonchev–Trinajstić information content (AvgIpc) is 2.78. The molecule has 0 atom stereocenters. The number of carbonyl (C=O) groups is 1. The van der Waals surface area contributed by atoms with Gasteiger partial charge >= 0.3 is 5.69 Å². The summed E-state index contributed by atoms with van der Waals surface area (Å²) in [6.07, 6.45) is 1.77. The van der Waals surface area contributed by atoms with E-state index in [-0.39, 0.29) is 12.6 Å². The van der Waals surface area contributed by atoms with Crippen LogP contribution < -0.4 is 16.6 Å². The molecule has 0 saturated carbocycles. The lowest BCUT2D eigenvalue weighted by atomic mass is 10.4. The van der Waals surface area contributed by atoms with E-state index in [0.29, 0.717) is 17.6 Å². The molecule has 0 unspecified atom stereocenters. The van der Waals surface area contributed by atoms with E-state index in [1.54, 1.807) is 18.5 Å². The normalized spacial score (nSPS) is 10.9. The van der Waals surface area contributed by atoms with Gasteiger partial charge in [0.05, 0.1) is 6.33 Å². The third-order valence-corrected chi connectivity index (χ3v) is 2.96. The van der Waals surface area contributed by atoms with Crippen LogP contribution in [0.15, 0.2) is 15.9 Å². The Balaban J connectivity index is 2.61. The smallest absolute Gasteiger partial charge is 0.333 e. The van der Waals surface area contributed by atoms with E-state index in [9.17, 15) is 14.4 Å². The average molecular weight is 265 g/mol. The van der Waals surface area contributed by atoms with Gasteiger partial charge in [-0.1, -0.05) is 6.92 Å². The molecule has 1 N–H and O–H groups in total. The fraction of sp³-hybridized carbons (Fsp3) is 0.455. The molecule has 0 saturated heterocycles. The number of aromatic nitrogens is 4. The number of amides is 1. The van der Waals surface area contributed by atoms with Crippen molar-refractivity contribution in [2.45, 2.75) is 20.0 Å². The molecule has 0 radical (unpaired) electrons. The summed E-state index contributed by atoms with van der Waals surface area (Å²) in [6.45, 7) is 1.56. The SMILES string of the molecule is CCC(=O)NCn1c(=O)c2c(ncn2C)n(C)c1=O. The Morgan fingerprint density at radius 2 is 2.05 bits per heavy atom. The Bertz CT molecular complexity index is 752. The number of carbonyl (C=O) groups excluding carboxylic acids is 1. The fourth-order valence-electron chi connectivity index (χ4n) is 1.83. The zero-order valence-corrected chi connectivity index (χ0v) is 11.0. The molecule has 0 bridgehead atoms. The highest BCUT2D eigenvalue weighted by atomic mass is 16.2. The Labute approximate surface area is 108 Å². The van der Waals surface area contributed by atoms with E-state index in [0.717, 1.165) is 4.57 Å². The summed E-state index contributed by atoms with van der Waals surface area (Å²) in [4.78, 5) is 39.5. The van der Waals surface area contributed by atoms with Gasteiger partial charge in [0.1, 0.15) is 6.67 Å². The lowest BCUT2D eigenvalue weighted by Crippen LogP contribution is -2.43. The quantitative estimate of drug-likeness (QED) is 0.764. The van der Waals surface area contributed by atoms with Gasteiger partial charge in [0.25, 0.3) is 5.56 Å². The number of fused-ring (bicyclic) bond motifs is 1. The molecule has 0 aliphatic carbocycles. The number of nitrogens with one attached hydrogen (secondary N) is 1. The minimum Gasteiger partial charge on any atom is -0.338 e. The van der Waals surface area contributed by atoms with Crippen LogP contribution in [0.1, 0.15) is 13.3 Å². The number of hydrogen-bond acceptors (Lipinski definition) is 4. The standard InChI is InChI=1S/C11H15N5O3/c1-4-7(17)12-6-16-10(18)8-9(13-5-14(8)2)15(3)11(16)19/h5H,4,6H2,1-3H3,(H,12,17). The highest BCUT2D eigenvalue weighted by molar-refractivity contribution is 5.75. The van der Waals surface area contributed by atoms with Gasteiger partial charge in [0.2, 0.25) is 5.91 Å². The molecule has 2 heterocycles. The maximum absolute atomic E-state index is 12.2. The molecule has 1 amide bonds. The van der Waals surface area contributed by atoms with E-state index >= 15 is 0 Å². The molecular weight excluding hydrogens is 250 g/mol. The predicted molar refractivity (Wildman–Crippen MR) is 68.6 cm³/mol. The third-order valence-electron chi connectivity index (χ3n) is 2.96. The van der Waals surface area contributed by atoms with Crippen LogP contribution in [-0.4, -0.2) is 24.6 Å². The van der Waals surface area contributed by atoms with Crippen LogP contribution in [0.5, 0.6) is 0 Å². The Morgan fingerprint density at radius 1 is 1.37 bits per heavy atom. The van der Waals surface area contributed by atoms with Crippen molar-refractivity contribution in [3.63, 3.8) is 0 Å². The van der Waals surface area contributed by atoms with Crippen LogP contribution in [0.2, 0.25) is 0 Å². The number of rotatable bonds is 3. The topological polar surface area (TPSA) is 90.9 Å². The largest absolute Gasteiger partial charge is 0.338 e. The summed E-state index contributed by atoms with van der Waals surface area (Å²) in [7, 11) is 3.21. The molecule has 0 fully saturated rings. The van der Waals surface area contributed by atoms with Gasteiger partial charge in [-0.3, -0.25) is 14.2 Å². The summed E-state index contributed by atoms with van der Waals surface area (Å²) in [5.41, 5.74) is -0.314. The van der Waals surface area contributed by atoms with Crippen molar-refractivity contribution in [1.82, 2.24) is 24.0 Å². The van der Waals surface area contributed by atoms with Crippen LogP contribution in [0.3, 0.4) is 0 Å². The second-order valence-electron chi connectivity index (χ2n) is 4.21. The lowest BCUT2D eigenvalue weighted by Gasteiger charge is -2.09. The van der Waals surface area contributed by atoms with Gasteiger partial charge in [-0.25, -0.2) is 14.3 Å². The Hall–Kier alpha value is -2.38. The molecular formula is C11H15N5O3. The first-order valence-electron chi connectivity index (χ1n) is 5.85. The summed E-state index contributed by atoms with van der Waals surface area (Å²) in [5, 5.41) is 2.51. The minimum absolute atomic E-state index is 0.140. The number of imidazole rings is 1. The summed E-state index contributed by atoms with van der Waals surface area (Å²) in [6, 6.07) is 0. The monoisotopic (exact) mass is 265 g/mol. The van der Waals surface area contributed by atoms with Crippen molar-refractivity contribution >= 4 is 17.1 Å². The van der Waals surface area contributed by atoms with Gasteiger partial charge in [0, 0.05) is 20.5 Å². The molecule has 0 aliphatic rings. The van der Waals surface area contributed by atoms with E-state index in [1.807, 2.05) is 0 Å². The molecule has 8 nitrogen and oxygen atoms in total. The van der Waals surface area contributed by atoms with Crippen LogP contribution in [0.4, 0.5) is 0 Å². The van der Waals surface area contributed by atoms with Gasteiger partial charge in [-0.2, -0.15) is 0 Å². The van der Waals surface area contributed by atoms with E-state index in [2.05, 4.69) is 10.3 Å². The van der Waals surface area contributed by atoms with Crippen molar-refractivity contribution in [3.05, 3.63) is 27.2 Å². The van der Waals surface area contributed by atoms with E-state index in [1.165, 1.54) is 17.9 Å². The lowest BCUT2D eigenvalue weighted by molar-refractivity contribution is -0.121. The van der Waals surface area contributed by atoms with Crippen LogP contribution >= 0.6 is 0 Å². The van der Waals surface area contributed by atoms with Gasteiger partial charge in [-0.15, -0.1) is 0 Å². The van der Waals surface area contributed by atoms with Gasteiger partial charge in [0.15, 0.2) is 11.2 Å². The molecule has 0 aromatic carbocycles. The Kier molecular flexibility index (Phi) is 3.24. The highest BCUT2D eigenvalue weighted by Gasteiger charge is 2.14. The van der Waals surface area contributed by atoms with Crippen molar-refractivity contribution in [2.24, 2.45) is 14.1 Å². The molecule has 102 valence electrons. The second kappa shape index (κ2) is 4.71. The van der Waals surface area contributed by atoms with Crippen LogP contribution in [0, 0.1) is 0 Å². The zero-order valence-electron chi connectivity index (χ0n) is 11.0. The molecule has 19 heavy (non-hydrogen) atoms. The molecule has 2 rings (SSSR count). The predicted octanol–water partition coefficient (Wildman–Crippen LogP) is -1.08. The maximum atomic E-state index is 12.2.